The molecule has 0 spiro atoms. The molecular weight excluding hydrogens is 296 g/mol. The lowest BCUT2D eigenvalue weighted by atomic mass is 10.1. The van der Waals surface area contributed by atoms with Gasteiger partial charge in [-0.2, -0.15) is 0 Å². The molecule has 3 aromatic rings. The lowest BCUT2D eigenvalue weighted by molar-refractivity contribution is 0.831. The summed E-state index contributed by atoms with van der Waals surface area (Å²) < 4.78 is 2.03. The van der Waals surface area contributed by atoms with E-state index in [0.717, 1.165) is 39.5 Å². The third-order valence-corrected chi connectivity index (χ3v) is 4.27. The van der Waals surface area contributed by atoms with Crippen LogP contribution < -0.4 is 0 Å². The van der Waals surface area contributed by atoms with Crippen molar-refractivity contribution in [2.24, 2.45) is 10.2 Å². The Morgan fingerprint density at radius 2 is 1.62 bits per heavy atom. The summed E-state index contributed by atoms with van der Waals surface area (Å²) in [6.07, 6.45) is 2.00. The van der Waals surface area contributed by atoms with Crippen LogP contribution in [-0.4, -0.2) is 9.38 Å². The lowest BCUT2D eigenvalue weighted by Gasteiger charge is -2.06. The zero-order valence-electron chi connectivity index (χ0n) is 15.3. The van der Waals surface area contributed by atoms with Crippen molar-refractivity contribution in [2.75, 3.05) is 0 Å². The fourth-order valence-electron chi connectivity index (χ4n) is 3.12. The van der Waals surface area contributed by atoms with Crippen molar-refractivity contribution in [3.05, 3.63) is 58.4 Å². The van der Waals surface area contributed by atoms with Crippen LogP contribution in [0.4, 0.5) is 11.5 Å². The topological polar surface area (TPSA) is 42.0 Å². The predicted molar refractivity (Wildman–Crippen MR) is 98.8 cm³/mol. The van der Waals surface area contributed by atoms with Gasteiger partial charge in [0.15, 0.2) is 5.82 Å². The molecule has 0 saturated carbocycles. The van der Waals surface area contributed by atoms with E-state index in [9.17, 15) is 0 Å². The highest BCUT2D eigenvalue weighted by Crippen LogP contribution is 2.32. The molecule has 124 valence electrons. The van der Waals surface area contributed by atoms with E-state index in [1.807, 2.05) is 16.7 Å². The van der Waals surface area contributed by atoms with Crippen LogP contribution in [0.5, 0.6) is 0 Å². The van der Waals surface area contributed by atoms with E-state index in [-0.39, 0.29) is 0 Å². The Morgan fingerprint density at radius 1 is 0.958 bits per heavy atom. The maximum Gasteiger partial charge on any atom is 0.183 e. The highest BCUT2D eigenvalue weighted by molar-refractivity contribution is 5.58. The van der Waals surface area contributed by atoms with Gasteiger partial charge in [-0.15, -0.1) is 10.2 Å². The molecule has 0 amide bonds. The smallest absolute Gasteiger partial charge is 0.183 e. The first kappa shape index (κ1) is 16.4. The summed E-state index contributed by atoms with van der Waals surface area (Å²) in [6.45, 7) is 12.6. The minimum Gasteiger partial charge on any atom is -0.283 e. The third-order valence-electron chi connectivity index (χ3n) is 4.27. The molecule has 2 aromatic heterocycles. The third kappa shape index (κ3) is 2.84. The van der Waals surface area contributed by atoms with Crippen molar-refractivity contribution in [3.63, 3.8) is 0 Å². The molecule has 2 heterocycles. The number of imidazole rings is 1. The van der Waals surface area contributed by atoms with Gasteiger partial charge in [0.2, 0.25) is 0 Å². The summed E-state index contributed by atoms with van der Waals surface area (Å²) in [6, 6.07) is 8.38. The predicted octanol–water partition coefficient (Wildman–Crippen LogP) is 6.11. The van der Waals surface area contributed by atoms with Crippen LogP contribution in [0.1, 0.15) is 47.7 Å². The highest BCUT2D eigenvalue weighted by Gasteiger charge is 2.16. The summed E-state index contributed by atoms with van der Waals surface area (Å²) in [5.41, 5.74) is 7.56. The van der Waals surface area contributed by atoms with Gasteiger partial charge in [-0.1, -0.05) is 37.6 Å². The van der Waals surface area contributed by atoms with Gasteiger partial charge in [0, 0.05) is 6.20 Å². The molecule has 0 aliphatic heterocycles. The number of fused-ring (bicyclic) bond motifs is 1. The standard InChI is InChI=1S/C20H24N4/c1-12(2)17-20(24-9-7-8-14(4)19(24)21-17)23-22-18-15(5)10-13(3)11-16(18)6/h7-12H,1-6H3. The van der Waals surface area contributed by atoms with Gasteiger partial charge in [-0.05, 0) is 56.4 Å². The molecule has 0 atom stereocenters. The number of rotatable bonds is 3. The molecule has 0 fully saturated rings. The van der Waals surface area contributed by atoms with Crippen LogP contribution in [-0.2, 0) is 0 Å². The Balaban J connectivity index is 2.17. The first-order chi connectivity index (χ1) is 11.4. The van der Waals surface area contributed by atoms with E-state index in [1.54, 1.807) is 0 Å². The minimum absolute atomic E-state index is 0.290. The van der Waals surface area contributed by atoms with Crippen LogP contribution in [0.3, 0.4) is 0 Å². The Hall–Kier alpha value is -2.49. The monoisotopic (exact) mass is 320 g/mol. The maximum absolute atomic E-state index is 4.79. The molecule has 0 aliphatic rings. The van der Waals surface area contributed by atoms with Gasteiger partial charge in [0.1, 0.15) is 5.65 Å². The van der Waals surface area contributed by atoms with Gasteiger partial charge >= 0.3 is 0 Å². The fourth-order valence-corrected chi connectivity index (χ4v) is 3.12. The van der Waals surface area contributed by atoms with Crippen molar-refractivity contribution >= 4 is 17.2 Å². The van der Waals surface area contributed by atoms with Gasteiger partial charge in [0.05, 0.1) is 11.4 Å². The van der Waals surface area contributed by atoms with Gasteiger partial charge in [-0.3, -0.25) is 4.40 Å². The molecule has 0 aliphatic carbocycles. The highest BCUT2D eigenvalue weighted by atomic mass is 15.2. The molecule has 4 heteroatoms. The summed E-state index contributed by atoms with van der Waals surface area (Å²) in [5.74, 6) is 1.11. The number of azo groups is 1. The molecular formula is C20H24N4. The first-order valence-electron chi connectivity index (χ1n) is 8.35. The maximum atomic E-state index is 4.79. The molecule has 24 heavy (non-hydrogen) atoms. The van der Waals surface area contributed by atoms with Crippen molar-refractivity contribution < 1.29 is 0 Å². The Labute approximate surface area is 143 Å². The molecule has 3 rings (SSSR count). The molecule has 0 bridgehead atoms. The van der Waals surface area contributed by atoms with E-state index in [2.05, 4.69) is 70.0 Å². The zero-order chi connectivity index (χ0) is 17.4. The average Bonchev–Trinajstić information content (AvgIpc) is 2.87. The number of nitrogens with zero attached hydrogens (tertiary/aromatic N) is 4. The summed E-state index contributed by atoms with van der Waals surface area (Å²) >= 11 is 0. The molecule has 0 radical (unpaired) electrons. The fraction of sp³-hybridized carbons (Fsp3) is 0.350. The van der Waals surface area contributed by atoms with E-state index in [4.69, 9.17) is 4.98 Å². The summed E-state index contributed by atoms with van der Waals surface area (Å²) in [5, 5.41) is 9.18. The molecule has 0 unspecified atom stereocenters. The van der Waals surface area contributed by atoms with Crippen LogP contribution in [0.25, 0.3) is 5.65 Å². The van der Waals surface area contributed by atoms with E-state index < -0.39 is 0 Å². The Bertz CT molecular complexity index is 909. The minimum atomic E-state index is 0.290. The normalized spacial score (nSPS) is 12.0. The van der Waals surface area contributed by atoms with Gasteiger partial charge in [-0.25, -0.2) is 4.98 Å². The van der Waals surface area contributed by atoms with Crippen LogP contribution >= 0.6 is 0 Å². The molecule has 4 nitrogen and oxygen atoms in total. The number of benzene rings is 1. The second-order valence-electron chi connectivity index (χ2n) is 6.81. The van der Waals surface area contributed by atoms with Gasteiger partial charge in [0.25, 0.3) is 0 Å². The Kier molecular flexibility index (Phi) is 4.22. The Morgan fingerprint density at radius 3 is 2.25 bits per heavy atom. The first-order valence-corrected chi connectivity index (χ1v) is 8.35. The molecule has 0 N–H and O–H groups in total. The summed E-state index contributed by atoms with van der Waals surface area (Å²) in [4.78, 5) is 4.79. The zero-order valence-corrected chi connectivity index (χ0v) is 15.3. The quantitative estimate of drug-likeness (QED) is 0.537. The van der Waals surface area contributed by atoms with Crippen molar-refractivity contribution in [1.82, 2.24) is 9.38 Å². The SMILES string of the molecule is Cc1cc(C)c(N=Nc2c(C(C)C)nc3c(C)cccn23)c(C)c1. The molecule has 1 aromatic carbocycles. The largest absolute Gasteiger partial charge is 0.283 e. The average molecular weight is 320 g/mol. The number of aryl methyl sites for hydroxylation is 4. The second kappa shape index (κ2) is 6.19. The molecule has 0 saturated heterocycles. The van der Waals surface area contributed by atoms with Crippen LogP contribution in [0, 0.1) is 27.7 Å². The summed E-state index contributed by atoms with van der Waals surface area (Å²) in [7, 11) is 0. The van der Waals surface area contributed by atoms with Gasteiger partial charge < -0.3 is 0 Å². The van der Waals surface area contributed by atoms with Crippen molar-refractivity contribution in [2.45, 2.75) is 47.5 Å². The number of pyridine rings is 1. The number of hydrogen-bond donors (Lipinski definition) is 0. The van der Waals surface area contributed by atoms with E-state index in [1.165, 1.54) is 5.56 Å². The number of aromatic nitrogens is 2. The van der Waals surface area contributed by atoms with Crippen molar-refractivity contribution in [3.8, 4) is 0 Å². The van der Waals surface area contributed by atoms with E-state index in [0.29, 0.717) is 5.92 Å². The van der Waals surface area contributed by atoms with Crippen LogP contribution in [0.2, 0.25) is 0 Å². The van der Waals surface area contributed by atoms with E-state index >= 15 is 0 Å². The number of hydrogen-bond acceptors (Lipinski definition) is 3. The lowest BCUT2D eigenvalue weighted by Crippen LogP contribution is -1.88. The van der Waals surface area contributed by atoms with Crippen LogP contribution in [0.15, 0.2) is 40.7 Å². The second-order valence-corrected chi connectivity index (χ2v) is 6.81. The van der Waals surface area contributed by atoms with Crippen molar-refractivity contribution in [1.29, 1.82) is 0 Å².